The monoisotopic (exact) mass is 307 g/mol. The normalized spacial score (nSPS) is 11.8. The molecule has 2 aromatic heterocycles. The van der Waals surface area contributed by atoms with Gasteiger partial charge in [0.2, 0.25) is 0 Å². The lowest BCUT2D eigenvalue weighted by Gasteiger charge is -2.13. The number of hydrogen-bond acceptors (Lipinski definition) is 4. The summed E-state index contributed by atoms with van der Waals surface area (Å²) < 4.78 is 5.80. The molecule has 0 amide bonds. The van der Waals surface area contributed by atoms with Gasteiger partial charge in [-0.3, -0.25) is 0 Å². The number of carboxylic acids is 1. The van der Waals surface area contributed by atoms with Gasteiger partial charge in [0.1, 0.15) is 16.4 Å². The van der Waals surface area contributed by atoms with E-state index in [9.17, 15) is 4.79 Å². The number of thiophene rings is 1. The van der Waals surface area contributed by atoms with Crippen molar-refractivity contribution in [2.45, 2.75) is 46.2 Å². The predicted molar refractivity (Wildman–Crippen MR) is 84.0 cm³/mol. The Morgan fingerprint density at radius 3 is 2.57 bits per heavy atom. The van der Waals surface area contributed by atoms with Crippen LogP contribution in [0.3, 0.4) is 0 Å². The molecule has 2 rings (SSSR count). The molecule has 0 saturated heterocycles. The summed E-state index contributed by atoms with van der Waals surface area (Å²) in [6, 6.07) is 3.93. The third-order valence-corrected chi connectivity index (χ3v) is 4.28. The van der Waals surface area contributed by atoms with E-state index in [1.54, 1.807) is 5.38 Å². The Balaban J connectivity index is 1.99. The van der Waals surface area contributed by atoms with Crippen LogP contribution in [0.4, 0.5) is 0 Å². The van der Waals surface area contributed by atoms with Crippen molar-refractivity contribution in [3.8, 4) is 0 Å². The van der Waals surface area contributed by atoms with E-state index >= 15 is 0 Å². The Bertz CT molecular complexity index is 634. The van der Waals surface area contributed by atoms with E-state index in [1.807, 2.05) is 13.0 Å². The van der Waals surface area contributed by atoms with Crippen LogP contribution in [0.25, 0.3) is 0 Å². The molecule has 0 fully saturated rings. The minimum Gasteiger partial charge on any atom is -0.477 e. The van der Waals surface area contributed by atoms with Crippen LogP contribution in [0.1, 0.15) is 53.1 Å². The molecule has 5 heteroatoms. The van der Waals surface area contributed by atoms with Gasteiger partial charge in [-0.15, -0.1) is 11.3 Å². The Hall–Kier alpha value is -1.59. The Kier molecular flexibility index (Phi) is 4.54. The zero-order chi connectivity index (χ0) is 15.6. The molecule has 114 valence electrons. The van der Waals surface area contributed by atoms with Crippen LogP contribution in [0.2, 0.25) is 0 Å². The number of hydrogen-bond donors (Lipinski definition) is 2. The number of carbonyl (C=O) groups is 1. The molecule has 2 aromatic rings. The summed E-state index contributed by atoms with van der Waals surface area (Å²) in [5, 5.41) is 14.2. The van der Waals surface area contributed by atoms with E-state index in [0.717, 1.165) is 22.6 Å². The highest BCUT2D eigenvalue weighted by atomic mass is 32.1. The Morgan fingerprint density at radius 2 is 2.00 bits per heavy atom. The van der Waals surface area contributed by atoms with E-state index in [1.165, 1.54) is 11.3 Å². The van der Waals surface area contributed by atoms with E-state index in [4.69, 9.17) is 9.52 Å². The highest BCUT2D eigenvalue weighted by Crippen LogP contribution is 2.27. The van der Waals surface area contributed by atoms with Crippen molar-refractivity contribution in [2.24, 2.45) is 0 Å². The maximum atomic E-state index is 11.1. The number of furan rings is 1. The van der Waals surface area contributed by atoms with Crippen molar-refractivity contribution in [3.63, 3.8) is 0 Å². The van der Waals surface area contributed by atoms with Gasteiger partial charge < -0.3 is 14.8 Å². The minimum absolute atomic E-state index is 0.00710. The van der Waals surface area contributed by atoms with Crippen molar-refractivity contribution in [1.82, 2.24) is 5.32 Å². The van der Waals surface area contributed by atoms with Crippen molar-refractivity contribution < 1.29 is 14.3 Å². The second-order valence-corrected chi connectivity index (χ2v) is 7.04. The highest BCUT2D eigenvalue weighted by molar-refractivity contribution is 7.12. The van der Waals surface area contributed by atoms with Gasteiger partial charge >= 0.3 is 5.97 Å². The number of aromatic carboxylic acids is 1. The summed E-state index contributed by atoms with van der Waals surface area (Å²) in [4.78, 5) is 11.5. The van der Waals surface area contributed by atoms with Crippen molar-refractivity contribution in [3.05, 3.63) is 45.0 Å². The Labute approximate surface area is 128 Å². The first kappa shape index (κ1) is 15.8. The zero-order valence-electron chi connectivity index (χ0n) is 12.8. The number of nitrogens with one attached hydrogen (secondary N) is 1. The van der Waals surface area contributed by atoms with Crippen LogP contribution in [-0.2, 0) is 18.5 Å². The highest BCUT2D eigenvalue weighted by Gasteiger charge is 2.20. The van der Waals surface area contributed by atoms with Crippen LogP contribution in [0.15, 0.2) is 21.9 Å². The lowest BCUT2D eigenvalue weighted by atomic mass is 9.93. The van der Waals surface area contributed by atoms with Crippen molar-refractivity contribution >= 4 is 17.3 Å². The number of carboxylic acid groups (broad SMARTS) is 1. The predicted octanol–water partition coefficient (Wildman–Crippen LogP) is 3.94. The van der Waals surface area contributed by atoms with Crippen LogP contribution in [-0.4, -0.2) is 11.1 Å². The van der Waals surface area contributed by atoms with E-state index < -0.39 is 5.97 Å². The lowest BCUT2D eigenvalue weighted by molar-refractivity contribution is 0.0701. The topological polar surface area (TPSA) is 62.5 Å². The van der Waals surface area contributed by atoms with Gasteiger partial charge in [-0.1, -0.05) is 20.8 Å². The van der Waals surface area contributed by atoms with E-state index in [-0.39, 0.29) is 5.41 Å². The molecule has 0 unspecified atom stereocenters. The fourth-order valence-corrected chi connectivity index (χ4v) is 2.82. The standard InChI is InChI=1S/C16H21NO3S/c1-10-12(7-13(20-10)16(2,3)4)9-17-8-11-5-6-21-14(11)15(18)19/h5-7,17H,8-9H2,1-4H3,(H,18,19). The first-order valence-corrected chi connectivity index (χ1v) is 7.77. The molecule has 0 saturated carbocycles. The van der Waals surface area contributed by atoms with Crippen molar-refractivity contribution in [1.29, 1.82) is 0 Å². The second-order valence-electron chi connectivity index (χ2n) is 6.13. The van der Waals surface area contributed by atoms with Gasteiger partial charge in [-0.2, -0.15) is 0 Å². The summed E-state index contributed by atoms with van der Waals surface area (Å²) >= 11 is 1.26. The third-order valence-electron chi connectivity index (χ3n) is 3.33. The Morgan fingerprint density at radius 1 is 1.33 bits per heavy atom. The van der Waals surface area contributed by atoms with Gasteiger partial charge in [0.25, 0.3) is 0 Å². The molecule has 0 spiro atoms. The van der Waals surface area contributed by atoms with E-state index in [2.05, 4.69) is 32.2 Å². The van der Waals surface area contributed by atoms with Gasteiger partial charge in [-0.05, 0) is 30.0 Å². The molecule has 2 heterocycles. The SMILES string of the molecule is Cc1oc(C(C)(C)C)cc1CNCc1ccsc1C(=O)O. The molecular weight excluding hydrogens is 286 g/mol. The average Bonchev–Trinajstić information content (AvgIpc) is 2.96. The smallest absolute Gasteiger partial charge is 0.346 e. The molecule has 0 aliphatic carbocycles. The fourth-order valence-electron chi connectivity index (χ4n) is 2.06. The number of aryl methyl sites for hydroxylation is 1. The quantitative estimate of drug-likeness (QED) is 0.878. The maximum absolute atomic E-state index is 11.1. The molecule has 0 aliphatic rings. The average molecular weight is 307 g/mol. The molecule has 21 heavy (non-hydrogen) atoms. The van der Waals surface area contributed by atoms with E-state index in [0.29, 0.717) is 18.0 Å². The van der Waals surface area contributed by atoms with Crippen LogP contribution in [0, 0.1) is 6.92 Å². The van der Waals surface area contributed by atoms with Gasteiger partial charge in [0.15, 0.2) is 0 Å². The molecule has 2 N–H and O–H groups in total. The van der Waals surface area contributed by atoms with Crippen molar-refractivity contribution in [2.75, 3.05) is 0 Å². The molecular formula is C16H21NO3S. The first-order chi connectivity index (χ1) is 9.79. The van der Waals surface area contributed by atoms with Crippen LogP contribution in [0.5, 0.6) is 0 Å². The minimum atomic E-state index is -0.865. The molecule has 0 aromatic carbocycles. The maximum Gasteiger partial charge on any atom is 0.346 e. The summed E-state index contributed by atoms with van der Waals surface area (Å²) in [6.45, 7) is 9.52. The van der Waals surface area contributed by atoms with Gasteiger partial charge in [0, 0.05) is 24.1 Å². The van der Waals surface area contributed by atoms with Gasteiger partial charge in [0.05, 0.1) is 0 Å². The number of rotatable bonds is 5. The third kappa shape index (κ3) is 3.74. The molecule has 0 radical (unpaired) electrons. The molecule has 4 nitrogen and oxygen atoms in total. The summed E-state index contributed by atoms with van der Waals surface area (Å²) in [6.07, 6.45) is 0. The summed E-state index contributed by atoms with van der Waals surface area (Å²) in [5.74, 6) is 1.02. The summed E-state index contributed by atoms with van der Waals surface area (Å²) in [5.41, 5.74) is 1.93. The van der Waals surface area contributed by atoms with Crippen LogP contribution < -0.4 is 5.32 Å². The lowest BCUT2D eigenvalue weighted by Crippen LogP contribution is -2.14. The van der Waals surface area contributed by atoms with Crippen LogP contribution >= 0.6 is 11.3 Å². The van der Waals surface area contributed by atoms with Gasteiger partial charge in [-0.25, -0.2) is 4.79 Å². The fraction of sp³-hybridized carbons (Fsp3) is 0.438. The molecule has 0 atom stereocenters. The molecule has 0 aliphatic heterocycles. The first-order valence-electron chi connectivity index (χ1n) is 6.89. The second kappa shape index (κ2) is 6.03. The zero-order valence-corrected chi connectivity index (χ0v) is 13.6. The summed E-state index contributed by atoms with van der Waals surface area (Å²) in [7, 11) is 0. The molecule has 0 bridgehead atoms. The largest absolute Gasteiger partial charge is 0.477 e.